The Morgan fingerprint density at radius 3 is 2.71 bits per heavy atom. The second-order valence-corrected chi connectivity index (χ2v) is 5.59. The summed E-state index contributed by atoms with van der Waals surface area (Å²) in [5.41, 5.74) is -2.23. The maximum atomic E-state index is 11.7. The van der Waals surface area contributed by atoms with E-state index in [4.69, 9.17) is 5.11 Å². The first-order chi connectivity index (χ1) is 7.78. The van der Waals surface area contributed by atoms with Crippen LogP contribution in [-0.2, 0) is 10.0 Å². The predicted molar refractivity (Wildman–Crippen MR) is 60.0 cm³/mol. The van der Waals surface area contributed by atoms with Crippen molar-refractivity contribution in [1.29, 1.82) is 0 Å². The van der Waals surface area contributed by atoms with E-state index in [1.807, 2.05) is 4.72 Å². The lowest BCUT2D eigenvalue weighted by molar-refractivity contribution is 0.00681. The highest BCUT2D eigenvalue weighted by Gasteiger charge is 2.24. The fourth-order valence-electron chi connectivity index (χ4n) is 0.995. The Labute approximate surface area is 98.2 Å². The van der Waals surface area contributed by atoms with Crippen molar-refractivity contribution >= 4 is 10.0 Å². The summed E-state index contributed by atoms with van der Waals surface area (Å²) in [6, 6.07) is 1.08. The highest BCUT2D eigenvalue weighted by molar-refractivity contribution is 7.89. The van der Waals surface area contributed by atoms with E-state index in [0.29, 0.717) is 0 Å². The Hall–Kier alpha value is -1.22. The molecule has 96 valence electrons. The Bertz CT molecular complexity index is 534. The van der Waals surface area contributed by atoms with Gasteiger partial charge in [0.15, 0.2) is 0 Å². The van der Waals surface area contributed by atoms with E-state index in [9.17, 15) is 18.3 Å². The number of pyridine rings is 1. The standard InChI is InChI=1S/C9H14N2O5S/c1-9(14,6-12)5-11-17(15,16)8-4-10-3-2-7(8)13/h2-4,11-12,14H,5-6H2,1H3,(H,10,13). The van der Waals surface area contributed by atoms with Gasteiger partial charge in [0.05, 0.1) is 12.2 Å². The van der Waals surface area contributed by atoms with Crippen molar-refractivity contribution in [2.75, 3.05) is 13.2 Å². The van der Waals surface area contributed by atoms with Crippen LogP contribution in [0.1, 0.15) is 6.92 Å². The van der Waals surface area contributed by atoms with Crippen molar-refractivity contribution in [3.63, 3.8) is 0 Å². The Balaban J connectivity index is 2.92. The van der Waals surface area contributed by atoms with Gasteiger partial charge < -0.3 is 15.2 Å². The van der Waals surface area contributed by atoms with E-state index < -0.39 is 32.6 Å². The first-order valence-electron chi connectivity index (χ1n) is 4.78. The van der Waals surface area contributed by atoms with E-state index >= 15 is 0 Å². The Morgan fingerprint density at radius 1 is 1.53 bits per heavy atom. The molecule has 0 fully saturated rings. The van der Waals surface area contributed by atoms with Gasteiger partial charge in [0, 0.05) is 25.0 Å². The van der Waals surface area contributed by atoms with Gasteiger partial charge in [-0.15, -0.1) is 0 Å². The summed E-state index contributed by atoms with van der Waals surface area (Å²) in [7, 11) is -4.00. The van der Waals surface area contributed by atoms with Crippen LogP contribution in [0, 0.1) is 0 Å². The predicted octanol–water partition coefficient (Wildman–Crippen LogP) is -1.60. The summed E-state index contributed by atoms with van der Waals surface area (Å²) < 4.78 is 25.4. The van der Waals surface area contributed by atoms with Gasteiger partial charge in [-0.05, 0) is 6.92 Å². The normalized spacial score (nSPS) is 15.5. The smallest absolute Gasteiger partial charge is 0.246 e. The van der Waals surface area contributed by atoms with Crippen LogP contribution >= 0.6 is 0 Å². The molecular formula is C9H14N2O5S. The zero-order valence-corrected chi connectivity index (χ0v) is 9.99. The van der Waals surface area contributed by atoms with Crippen LogP contribution in [0.4, 0.5) is 0 Å². The SMILES string of the molecule is CC(O)(CO)CNS(=O)(=O)c1c[nH]ccc1=O. The van der Waals surface area contributed by atoms with Crippen molar-refractivity contribution in [1.82, 2.24) is 9.71 Å². The highest BCUT2D eigenvalue weighted by atomic mass is 32.2. The fourth-order valence-corrected chi connectivity index (χ4v) is 2.21. The van der Waals surface area contributed by atoms with E-state index in [0.717, 1.165) is 12.3 Å². The first kappa shape index (κ1) is 13.8. The molecular weight excluding hydrogens is 248 g/mol. The molecule has 0 aliphatic heterocycles. The summed E-state index contributed by atoms with van der Waals surface area (Å²) in [5, 5.41) is 18.2. The molecule has 4 N–H and O–H groups in total. The first-order valence-corrected chi connectivity index (χ1v) is 6.27. The van der Waals surface area contributed by atoms with Crippen molar-refractivity contribution in [2.24, 2.45) is 0 Å². The number of hydrogen-bond donors (Lipinski definition) is 4. The minimum Gasteiger partial charge on any atom is -0.393 e. The lowest BCUT2D eigenvalue weighted by atomic mass is 10.1. The lowest BCUT2D eigenvalue weighted by Gasteiger charge is -2.20. The largest absolute Gasteiger partial charge is 0.393 e. The number of rotatable bonds is 5. The molecule has 17 heavy (non-hydrogen) atoms. The maximum Gasteiger partial charge on any atom is 0.246 e. The molecule has 1 heterocycles. The van der Waals surface area contributed by atoms with E-state index in [2.05, 4.69) is 4.98 Å². The van der Waals surface area contributed by atoms with E-state index in [1.165, 1.54) is 13.1 Å². The molecule has 0 radical (unpaired) electrons. The van der Waals surface area contributed by atoms with E-state index in [1.54, 1.807) is 0 Å². The second-order valence-electron chi connectivity index (χ2n) is 3.85. The number of aliphatic hydroxyl groups excluding tert-OH is 1. The topological polar surface area (TPSA) is 119 Å². The molecule has 0 saturated carbocycles. The summed E-state index contributed by atoms with van der Waals surface area (Å²) >= 11 is 0. The molecule has 0 aliphatic rings. The number of aliphatic hydroxyl groups is 2. The van der Waals surface area contributed by atoms with Gasteiger partial charge in [0.25, 0.3) is 0 Å². The average molecular weight is 262 g/mol. The number of H-pyrrole nitrogens is 1. The van der Waals surface area contributed by atoms with Crippen molar-refractivity contribution in [3.05, 3.63) is 28.7 Å². The van der Waals surface area contributed by atoms with Crippen LogP contribution in [0.25, 0.3) is 0 Å². The number of nitrogens with one attached hydrogen (secondary N) is 2. The molecule has 1 atom stereocenters. The fraction of sp³-hybridized carbons (Fsp3) is 0.444. The van der Waals surface area contributed by atoms with E-state index in [-0.39, 0.29) is 6.54 Å². The minimum absolute atomic E-state index is 0.389. The van der Waals surface area contributed by atoms with Crippen LogP contribution < -0.4 is 10.2 Å². The molecule has 1 aromatic heterocycles. The molecule has 0 amide bonds. The molecule has 1 rings (SSSR count). The summed E-state index contributed by atoms with van der Waals surface area (Å²) in [6.45, 7) is 0.283. The molecule has 0 aromatic carbocycles. The number of hydrogen-bond acceptors (Lipinski definition) is 5. The van der Waals surface area contributed by atoms with Gasteiger partial charge >= 0.3 is 0 Å². The molecule has 1 aromatic rings. The molecule has 1 unspecified atom stereocenters. The summed E-state index contributed by atoms with van der Waals surface area (Å²) in [4.78, 5) is 13.4. The van der Waals surface area contributed by atoms with Gasteiger partial charge in [0.2, 0.25) is 15.5 Å². The van der Waals surface area contributed by atoms with Gasteiger partial charge in [-0.1, -0.05) is 0 Å². The van der Waals surface area contributed by atoms with Crippen LogP contribution in [0.15, 0.2) is 28.2 Å². The molecule has 7 nitrogen and oxygen atoms in total. The zero-order valence-electron chi connectivity index (χ0n) is 9.17. The third kappa shape index (κ3) is 3.63. The Kier molecular flexibility index (Phi) is 4.04. The molecule has 0 aliphatic carbocycles. The summed E-state index contributed by atoms with van der Waals surface area (Å²) in [6.07, 6.45) is 2.36. The Morgan fingerprint density at radius 2 is 2.18 bits per heavy atom. The number of aromatic amines is 1. The van der Waals surface area contributed by atoms with Crippen LogP contribution in [0.2, 0.25) is 0 Å². The molecule has 8 heteroatoms. The van der Waals surface area contributed by atoms with Crippen LogP contribution in [0.3, 0.4) is 0 Å². The monoisotopic (exact) mass is 262 g/mol. The quantitative estimate of drug-likeness (QED) is 0.509. The highest BCUT2D eigenvalue weighted by Crippen LogP contribution is 2.04. The van der Waals surface area contributed by atoms with Crippen molar-refractivity contribution in [3.8, 4) is 0 Å². The van der Waals surface area contributed by atoms with Gasteiger partial charge in [0.1, 0.15) is 4.90 Å². The van der Waals surface area contributed by atoms with Gasteiger partial charge in [-0.2, -0.15) is 0 Å². The lowest BCUT2D eigenvalue weighted by Crippen LogP contribution is -2.43. The molecule has 0 spiro atoms. The van der Waals surface area contributed by atoms with Crippen LogP contribution in [-0.4, -0.2) is 42.4 Å². The third-order valence-electron chi connectivity index (χ3n) is 2.06. The molecule has 0 bridgehead atoms. The minimum atomic E-state index is -4.00. The van der Waals surface area contributed by atoms with Gasteiger partial charge in [-0.25, -0.2) is 13.1 Å². The third-order valence-corrected chi connectivity index (χ3v) is 3.48. The maximum absolute atomic E-state index is 11.7. The zero-order chi connectivity index (χ0) is 13.1. The van der Waals surface area contributed by atoms with Gasteiger partial charge in [-0.3, -0.25) is 4.79 Å². The van der Waals surface area contributed by atoms with Crippen LogP contribution in [0.5, 0.6) is 0 Å². The molecule has 0 saturated heterocycles. The second kappa shape index (κ2) is 4.96. The average Bonchev–Trinajstić information content (AvgIpc) is 2.27. The number of sulfonamides is 1. The number of aromatic nitrogens is 1. The van der Waals surface area contributed by atoms with Crippen molar-refractivity contribution in [2.45, 2.75) is 17.4 Å². The van der Waals surface area contributed by atoms with Crippen molar-refractivity contribution < 1.29 is 18.6 Å². The summed E-state index contributed by atoms with van der Waals surface area (Å²) in [5.74, 6) is 0.